The van der Waals surface area contributed by atoms with E-state index in [4.69, 9.17) is 10.5 Å². The normalized spacial score (nSPS) is 13.6. The van der Waals surface area contributed by atoms with Crippen molar-refractivity contribution in [1.29, 1.82) is 0 Å². The van der Waals surface area contributed by atoms with Crippen molar-refractivity contribution in [2.75, 3.05) is 12.4 Å². The molecule has 2 aromatic carbocycles. The van der Waals surface area contributed by atoms with E-state index >= 15 is 0 Å². The van der Waals surface area contributed by atoms with Gasteiger partial charge in [0.25, 0.3) is 11.8 Å². The van der Waals surface area contributed by atoms with Crippen LogP contribution in [-0.2, 0) is 12.8 Å². The molecule has 0 radical (unpaired) electrons. The number of carbonyl (C=O) groups excluding carboxylic acids is 2. The molecule has 1 aromatic heterocycles. The van der Waals surface area contributed by atoms with Gasteiger partial charge in [0.05, 0.1) is 22.7 Å². The monoisotopic (exact) mass is 472 g/mol. The van der Waals surface area contributed by atoms with Gasteiger partial charge in [-0.3, -0.25) is 9.59 Å². The predicted octanol–water partition coefficient (Wildman–Crippen LogP) is 5.29. The second kappa shape index (κ2) is 8.16. The number of thiophene rings is 1. The van der Waals surface area contributed by atoms with Crippen LogP contribution in [0.1, 0.15) is 50.4 Å². The summed E-state index contributed by atoms with van der Waals surface area (Å²) in [6.07, 6.45) is 5.00. The van der Waals surface area contributed by atoms with Crippen LogP contribution in [0.25, 0.3) is 10.8 Å². The van der Waals surface area contributed by atoms with Crippen LogP contribution in [0.5, 0.6) is 5.75 Å². The Labute approximate surface area is 181 Å². The first-order valence-corrected chi connectivity index (χ1v) is 11.1. The highest BCUT2D eigenvalue weighted by molar-refractivity contribution is 9.10. The SMILES string of the molecule is COc1c(C(=O)Nc2sc3c(c2C(N)=O)CCCCC3)cc2ccccc2c1Br. The van der Waals surface area contributed by atoms with E-state index < -0.39 is 5.91 Å². The minimum atomic E-state index is -0.494. The molecule has 1 aliphatic carbocycles. The predicted molar refractivity (Wildman–Crippen MR) is 120 cm³/mol. The number of anilines is 1. The number of primary amides is 1. The van der Waals surface area contributed by atoms with E-state index in [1.807, 2.05) is 24.3 Å². The summed E-state index contributed by atoms with van der Waals surface area (Å²) in [6.45, 7) is 0. The van der Waals surface area contributed by atoms with Crippen molar-refractivity contribution >= 4 is 54.9 Å². The molecule has 1 aliphatic rings. The van der Waals surface area contributed by atoms with E-state index in [0.717, 1.165) is 57.8 Å². The zero-order valence-electron chi connectivity index (χ0n) is 16.0. The largest absolute Gasteiger partial charge is 0.495 e. The van der Waals surface area contributed by atoms with E-state index in [9.17, 15) is 9.59 Å². The van der Waals surface area contributed by atoms with Crippen LogP contribution in [0, 0.1) is 0 Å². The maximum absolute atomic E-state index is 13.2. The quantitative estimate of drug-likeness (QED) is 0.505. The lowest BCUT2D eigenvalue weighted by molar-refractivity contribution is 0.100. The zero-order chi connectivity index (χ0) is 20.5. The first kappa shape index (κ1) is 19.9. The number of benzene rings is 2. The van der Waals surface area contributed by atoms with Crippen LogP contribution >= 0.6 is 27.3 Å². The Morgan fingerprint density at radius 2 is 1.93 bits per heavy atom. The molecule has 3 N–H and O–H groups in total. The Balaban J connectivity index is 1.76. The number of carbonyl (C=O) groups is 2. The number of halogens is 1. The maximum Gasteiger partial charge on any atom is 0.260 e. The molecule has 0 atom stereocenters. The molecule has 0 saturated heterocycles. The number of ether oxygens (including phenoxy) is 1. The molecular weight excluding hydrogens is 452 g/mol. The number of nitrogens with two attached hydrogens (primary N) is 1. The summed E-state index contributed by atoms with van der Waals surface area (Å²) >= 11 is 5.03. The van der Waals surface area contributed by atoms with E-state index in [2.05, 4.69) is 21.2 Å². The summed E-state index contributed by atoms with van der Waals surface area (Å²) in [5.41, 5.74) is 7.55. The number of hydrogen-bond acceptors (Lipinski definition) is 4. The van der Waals surface area contributed by atoms with Crippen molar-refractivity contribution in [3.05, 3.63) is 56.4 Å². The van der Waals surface area contributed by atoms with Gasteiger partial charge in [0.1, 0.15) is 10.8 Å². The number of aryl methyl sites for hydroxylation is 1. The van der Waals surface area contributed by atoms with E-state index in [1.54, 1.807) is 6.07 Å². The van der Waals surface area contributed by atoms with Crippen LogP contribution in [-0.4, -0.2) is 18.9 Å². The van der Waals surface area contributed by atoms with Crippen molar-refractivity contribution < 1.29 is 14.3 Å². The molecule has 1 heterocycles. The van der Waals surface area contributed by atoms with Gasteiger partial charge in [-0.1, -0.05) is 30.7 Å². The van der Waals surface area contributed by atoms with Gasteiger partial charge in [-0.15, -0.1) is 11.3 Å². The molecule has 7 heteroatoms. The van der Waals surface area contributed by atoms with Crippen molar-refractivity contribution in [2.45, 2.75) is 32.1 Å². The second-order valence-electron chi connectivity index (χ2n) is 7.08. The average molecular weight is 473 g/mol. The van der Waals surface area contributed by atoms with Gasteiger partial charge < -0.3 is 15.8 Å². The van der Waals surface area contributed by atoms with Crippen LogP contribution in [0.2, 0.25) is 0 Å². The van der Waals surface area contributed by atoms with Gasteiger partial charge in [0.2, 0.25) is 0 Å². The van der Waals surface area contributed by atoms with E-state index in [0.29, 0.717) is 21.9 Å². The molecule has 5 nitrogen and oxygen atoms in total. The molecule has 0 saturated carbocycles. The Bertz CT molecular complexity index is 1120. The smallest absolute Gasteiger partial charge is 0.260 e. The summed E-state index contributed by atoms with van der Waals surface area (Å²) < 4.78 is 6.25. The van der Waals surface area contributed by atoms with Gasteiger partial charge in [-0.05, 0) is 64.0 Å². The van der Waals surface area contributed by atoms with Crippen LogP contribution < -0.4 is 15.8 Å². The van der Waals surface area contributed by atoms with Crippen molar-refractivity contribution in [3.8, 4) is 5.75 Å². The van der Waals surface area contributed by atoms with E-state index in [-0.39, 0.29) is 5.91 Å². The molecule has 0 bridgehead atoms. The van der Waals surface area contributed by atoms with Crippen molar-refractivity contribution in [3.63, 3.8) is 0 Å². The number of nitrogens with one attached hydrogen (secondary N) is 1. The zero-order valence-corrected chi connectivity index (χ0v) is 18.4. The molecule has 150 valence electrons. The highest BCUT2D eigenvalue weighted by Gasteiger charge is 2.26. The molecule has 0 aliphatic heterocycles. The Morgan fingerprint density at radius 1 is 1.17 bits per heavy atom. The molecule has 0 spiro atoms. The summed E-state index contributed by atoms with van der Waals surface area (Å²) in [5, 5.41) is 5.34. The lowest BCUT2D eigenvalue weighted by Crippen LogP contribution is -2.18. The molecule has 29 heavy (non-hydrogen) atoms. The number of methoxy groups -OCH3 is 1. The van der Waals surface area contributed by atoms with Gasteiger partial charge in [-0.25, -0.2) is 0 Å². The standard InChI is InChI=1S/C22H21BrN2O3S/c1-28-19-15(11-12-7-5-6-8-13(12)18(19)23)21(27)25-22-17(20(24)26)14-9-3-2-4-10-16(14)29-22/h5-8,11H,2-4,9-10H2,1H3,(H2,24,26)(H,25,27). The van der Waals surface area contributed by atoms with Crippen LogP contribution in [0.4, 0.5) is 5.00 Å². The fraction of sp³-hybridized carbons (Fsp3) is 0.273. The summed E-state index contributed by atoms with van der Waals surface area (Å²) in [6, 6.07) is 9.56. The third kappa shape index (κ3) is 3.65. The average Bonchev–Trinajstić information content (AvgIpc) is 2.88. The highest BCUT2D eigenvalue weighted by Crippen LogP contribution is 2.40. The minimum Gasteiger partial charge on any atom is -0.495 e. The molecule has 4 rings (SSSR count). The fourth-order valence-corrected chi connectivity index (χ4v) is 5.94. The number of rotatable bonds is 4. The number of fused-ring (bicyclic) bond motifs is 2. The molecule has 0 fully saturated rings. The minimum absolute atomic E-state index is 0.327. The summed E-state index contributed by atoms with van der Waals surface area (Å²) in [4.78, 5) is 26.5. The number of hydrogen-bond donors (Lipinski definition) is 2. The van der Waals surface area contributed by atoms with Crippen molar-refractivity contribution in [2.24, 2.45) is 5.73 Å². The third-order valence-electron chi connectivity index (χ3n) is 5.28. The number of amides is 2. The van der Waals surface area contributed by atoms with Gasteiger partial charge >= 0.3 is 0 Å². The van der Waals surface area contributed by atoms with Gasteiger partial charge in [0.15, 0.2) is 0 Å². The molecular formula is C22H21BrN2O3S. The molecule has 3 aromatic rings. The lowest BCUT2D eigenvalue weighted by atomic mass is 10.0. The first-order valence-electron chi connectivity index (χ1n) is 9.52. The molecule has 2 amide bonds. The Morgan fingerprint density at radius 3 is 2.69 bits per heavy atom. The maximum atomic E-state index is 13.2. The summed E-state index contributed by atoms with van der Waals surface area (Å²) in [7, 11) is 1.54. The molecule has 0 unspecified atom stereocenters. The van der Waals surface area contributed by atoms with E-state index in [1.165, 1.54) is 18.4 Å². The fourth-order valence-electron chi connectivity index (χ4n) is 3.91. The lowest BCUT2D eigenvalue weighted by Gasteiger charge is -2.13. The van der Waals surface area contributed by atoms with Crippen molar-refractivity contribution in [1.82, 2.24) is 0 Å². The van der Waals surface area contributed by atoms with Crippen LogP contribution in [0.15, 0.2) is 34.8 Å². The van der Waals surface area contributed by atoms with Gasteiger partial charge in [0, 0.05) is 4.88 Å². The van der Waals surface area contributed by atoms with Gasteiger partial charge in [-0.2, -0.15) is 0 Å². The topological polar surface area (TPSA) is 81.4 Å². The highest BCUT2D eigenvalue weighted by atomic mass is 79.9. The Hall–Kier alpha value is -2.38. The summed E-state index contributed by atoms with van der Waals surface area (Å²) in [5.74, 6) is -0.362. The second-order valence-corrected chi connectivity index (χ2v) is 8.98. The van der Waals surface area contributed by atoms with Crippen LogP contribution in [0.3, 0.4) is 0 Å². The first-order chi connectivity index (χ1) is 14.0. The third-order valence-corrected chi connectivity index (χ3v) is 7.28. The Kier molecular flexibility index (Phi) is 5.61.